The van der Waals surface area contributed by atoms with Gasteiger partial charge in [-0.1, -0.05) is 33.1 Å². The van der Waals surface area contributed by atoms with E-state index in [4.69, 9.17) is 46.3 Å². The Hall–Kier alpha value is -1.81. The lowest BCUT2D eigenvalue weighted by Gasteiger charge is -2.45. The standard InChI is InChI=1S/C37H65N9O5S/c1-22-17-27(42-46-34-13-9-24-19-36(52(48,49)50)30(38)21-29(24)37(34)47)10-14-31(22)43-41-26-11-15-32(23(2)18-26)44-45-33-16-12-28(20-35(33)51-3)40-39-25-7-5-4-6-8-25/h22-37,47H,4-21,38H2,1-3H3,(H,48,49,50). The maximum atomic E-state index is 11.8. The van der Waals surface area contributed by atoms with Crippen LogP contribution >= 0.6 is 0 Å². The number of azo groups is 4. The Morgan fingerprint density at radius 3 is 1.67 bits per heavy atom. The van der Waals surface area contributed by atoms with Crippen LogP contribution in [0.3, 0.4) is 0 Å². The Labute approximate surface area is 311 Å². The molecular formula is C37H65N9O5S. The van der Waals surface area contributed by atoms with Crippen LogP contribution in [0.25, 0.3) is 0 Å². The molecule has 0 spiro atoms. The van der Waals surface area contributed by atoms with Gasteiger partial charge in [-0.3, -0.25) is 4.55 Å². The molecule has 0 aromatic rings. The summed E-state index contributed by atoms with van der Waals surface area (Å²) in [5, 5.41) is 48.4. The zero-order valence-corrected chi connectivity index (χ0v) is 32.5. The smallest absolute Gasteiger partial charge is 0.269 e. The Bertz CT molecular complexity index is 1380. The molecule has 0 saturated heterocycles. The van der Waals surface area contributed by atoms with E-state index in [1.165, 1.54) is 32.1 Å². The second kappa shape index (κ2) is 18.2. The summed E-state index contributed by atoms with van der Waals surface area (Å²) in [4.78, 5) is 0. The maximum Gasteiger partial charge on any atom is 0.269 e. The third kappa shape index (κ3) is 10.3. The zero-order valence-electron chi connectivity index (χ0n) is 31.6. The lowest BCUT2D eigenvalue weighted by molar-refractivity contribution is -0.00957. The van der Waals surface area contributed by atoms with Crippen LogP contribution in [0.1, 0.15) is 129 Å². The minimum Gasteiger partial charge on any atom is -0.391 e. The molecule has 0 aromatic heterocycles. The Kier molecular flexibility index (Phi) is 14.0. The predicted molar refractivity (Wildman–Crippen MR) is 198 cm³/mol. The summed E-state index contributed by atoms with van der Waals surface area (Å²) in [6.45, 7) is 4.49. The van der Waals surface area contributed by atoms with Crippen molar-refractivity contribution in [2.24, 2.45) is 70.3 Å². The molecular weight excluding hydrogens is 683 g/mol. The van der Waals surface area contributed by atoms with Gasteiger partial charge >= 0.3 is 0 Å². The molecule has 15 unspecified atom stereocenters. The number of hydrogen-bond acceptors (Lipinski definition) is 13. The van der Waals surface area contributed by atoms with E-state index in [1.54, 1.807) is 7.11 Å². The normalized spacial score (nSPS) is 44.5. The van der Waals surface area contributed by atoms with Crippen molar-refractivity contribution >= 4 is 10.1 Å². The highest BCUT2D eigenvalue weighted by atomic mass is 32.2. The van der Waals surface area contributed by atoms with Crippen LogP contribution in [0.5, 0.6) is 0 Å². The van der Waals surface area contributed by atoms with Gasteiger partial charge in [0.2, 0.25) is 0 Å². The average Bonchev–Trinajstić information content (AvgIpc) is 3.13. The van der Waals surface area contributed by atoms with Crippen molar-refractivity contribution in [3.05, 3.63) is 0 Å². The fraction of sp³-hybridized carbons (Fsp3) is 1.00. The van der Waals surface area contributed by atoms with Crippen molar-refractivity contribution in [1.82, 2.24) is 0 Å². The number of rotatable bonds is 10. The van der Waals surface area contributed by atoms with E-state index in [2.05, 4.69) is 19.0 Å². The highest BCUT2D eigenvalue weighted by Crippen LogP contribution is 2.43. The van der Waals surface area contributed by atoms with Crippen LogP contribution in [-0.4, -0.2) is 97.0 Å². The molecule has 0 radical (unpaired) electrons. The Balaban J connectivity index is 0.912. The van der Waals surface area contributed by atoms with E-state index in [0.717, 1.165) is 64.2 Å². The van der Waals surface area contributed by atoms with Crippen molar-refractivity contribution in [2.75, 3.05) is 7.11 Å². The van der Waals surface area contributed by atoms with Crippen molar-refractivity contribution in [3.8, 4) is 0 Å². The third-order valence-corrected chi connectivity index (χ3v) is 14.8. The number of nitrogens with two attached hydrogens (primary N) is 1. The molecule has 0 aliphatic heterocycles. The Morgan fingerprint density at radius 1 is 0.577 bits per heavy atom. The zero-order chi connectivity index (χ0) is 36.8. The van der Waals surface area contributed by atoms with Gasteiger partial charge in [-0.25, -0.2) is 0 Å². The fourth-order valence-corrected chi connectivity index (χ4v) is 11.2. The number of aliphatic hydroxyl groups excluding tert-OH is 1. The number of nitrogens with zero attached hydrogens (tertiary/aromatic N) is 8. The van der Waals surface area contributed by atoms with Gasteiger partial charge in [0.05, 0.1) is 60.5 Å². The van der Waals surface area contributed by atoms with Gasteiger partial charge in [0.1, 0.15) is 5.25 Å². The topological polar surface area (TPSA) is 209 Å². The molecule has 6 saturated carbocycles. The summed E-state index contributed by atoms with van der Waals surface area (Å²) in [5.74, 6) is 0.638. The van der Waals surface area contributed by atoms with Crippen LogP contribution in [-0.2, 0) is 14.9 Å². The number of aliphatic hydroxyl groups is 1. The summed E-state index contributed by atoms with van der Waals surface area (Å²) in [6.07, 6.45) is 16.1. The lowest BCUT2D eigenvalue weighted by atomic mass is 9.66. The van der Waals surface area contributed by atoms with Gasteiger partial charge in [-0.2, -0.15) is 49.3 Å². The van der Waals surface area contributed by atoms with Gasteiger partial charge in [-0.15, -0.1) is 0 Å². The minimum absolute atomic E-state index is 0.0178. The lowest BCUT2D eigenvalue weighted by Crippen LogP contribution is -2.54. The monoisotopic (exact) mass is 747 g/mol. The molecule has 0 bridgehead atoms. The third-order valence-electron chi connectivity index (χ3n) is 13.5. The van der Waals surface area contributed by atoms with E-state index >= 15 is 0 Å². The molecule has 6 rings (SSSR count). The number of hydrogen-bond donors (Lipinski definition) is 3. The van der Waals surface area contributed by atoms with Gasteiger partial charge < -0.3 is 15.6 Å². The Morgan fingerprint density at radius 2 is 1.08 bits per heavy atom. The first-order valence-corrected chi connectivity index (χ1v) is 22.0. The molecule has 0 heterocycles. The fourth-order valence-electron chi connectivity index (χ4n) is 10.1. The maximum absolute atomic E-state index is 11.8. The highest BCUT2D eigenvalue weighted by Gasteiger charge is 2.48. The molecule has 14 nitrogen and oxygen atoms in total. The molecule has 0 aromatic carbocycles. The van der Waals surface area contributed by atoms with Gasteiger partial charge in [0.15, 0.2) is 0 Å². The molecule has 52 heavy (non-hydrogen) atoms. The second-order valence-electron chi connectivity index (χ2n) is 17.3. The molecule has 15 heteroatoms. The van der Waals surface area contributed by atoms with Crippen molar-refractivity contribution in [1.29, 1.82) is 0 Å². The van der Waals surface area contributed by atoms with E-state index in [1.807, 2.05) is 0 Å². The van der Waals surface area contributed by atoms with Crippen LogP contribution in [0.15, 0.2) is 40.9 Å². The minimum atomic E-state index is -4.20. The van der Waals surface area contributed by atoms with E-state index < -0.39 is 27.5 Å². The summed E-state index contributed by atoms with van der Waals surface area (Å²) in [7, 11) is -2.42. The summed E-state index contributed by atoms with van der Waals surface area (Å²) >= 11 is 0. The van der Waals surface area contributed by atoms with Crippen LogP contribution in [0.2, 0.25) is 0 Å². The van der Waals surface area contributed by atoms with Crippen molar-refractivity contribution < 1.29 is 22.8 Å². The number of ether oxygens (including phenoxy) is 1. The molecule has 6 aliphatic carbocycles. The molecule has 0 amide bonds. The van der Waals surface area contributed by atoms with Crippen LogP contribution in [0.4, 0.5) is 0 Å². The predicted octanol–water partition coefficient (Wildman–Crippen LogP) is 7.31. The molecule has 294 valence electrons. The number of fused-ring (bicyclic) bond motifs is 1. The first-order valence-electron chi connectivity index (χ1n) is 20.5. The van der Waals surface area contributed by atoms with E-state index in [-0.39, 0.29) is 60.2 Å². The van der Waals surface area contributed by atoms with Crippen LogP contribution < -0.4 is 5.73 Å². The molecule has 6 fully saturated rings. The molecule has 6 aliphatic rings. The summed E-state index contributed by atoms with van der Waals surface area (Å²) < 4.78 is 39.0. The average molecular weight is 748 g/mol. The quantitative estimate of drug-likeness (QED) is 0.154. The largest absolute Gasteiger partial charge is 0.391 e. The van der Waals surface area contributed by atoms with Gasteiger partial charge in [0.25, 0.3) is 10.1 Å². The van der Waals surface area contributed by atoms with Crippen LogP contribution in [0, 0.1) is 23.7 Å². The highest BCUT2D eigenvalue weighted by molar-refractivity contribution is 7.86. The number of methoxy groups -OCH3 is 1. The summed E-state index contributed by atoms with van der Waals surface area (Å²) in [5.41, 5.74) is 6.12. The van der Waals surface area contributed by atoms with Crippen molar-refractivity contribution in [3.63, 3.8) is 0 Å². The second-order valence-corrected chi connectivity index (χ2v) is 18.9. The SMILES string of the molecule is COC1CC(N=NC2CCCCC2)CCC1N=NC1CCC(N=NC2CCC(N=NC3CCC4CC(S(=O)(=O)O)C(N)CC4C3O)CC2C)CC1C. The molecule has 15 atom stereocenters. The van der Waals surface area contributed by atoms with E-state index in [9.17, 15) is 18.1 Å². The van der Waals surface area contributed by atoms with Gasteiger partial charge in [-0.05, 0) is 120 Å². The summed E-state index contributed by atoms with van der Waals surface area (Å²) in [6, 6.07) is 0.467. The van der Waals surface area contributed by atoms with Gasteiger partial charge in [0, 0.05) is 13.2 Å². The van der Waals surface area contributed by atoms with Crippen molar-refractivity contribution in [2.45, 2.75) is 201 Å². The molecule has 4 N–H and O–H groups in total. The van der Waals surface area contributed by atoms with E-state index in [0.29, 0.717) is 37.1 Å². The first-order chi connectivity index (χ1) is 25.0. The first kappa shape index (κ1) is 39.9.